The van der Waals surface area contributed by atoms with Crippen LogP contribution < -0.4 is 20.4 Å². The third kappa shape index (κ3) is 7.61. The fourth-order valence-electron chi connectivity index (χ4n) is 4.49. The van der Waals surface area contributed by atoms with Crippen molar-refractivity contribution < 1.29 is 5.11 Å². The molecule has 2 aromatic heterocycles. The van der Waals surface area contributed by atoms with Crippen molar-refractivity contribution in [3.63, 3.8) is 0 Å². The Morgan fingerprint density at radius 1 is 0.692 bits per heavy atom. The van der Waals surface area contributed by atoms with E-state index in [1.807, 2.05) is 42.7 Å². The molecule has 0 unspecified atom stereocenters. The lowest BCUT2D eigenvalue weighted by Crippen LogP contribution is -2.47. The molecule has 202 valence electrons. The minimum absolute atomic E-state index is 0.259. The Labute approximate surface area is 229 Å². The van der Waals surface area contributed by atoms with Crippen molar-refractivity contribution in [1.82, 2.24) is 24.9 Å². The molecule has 2 aromatic carbocycles. The Morgan fingerprint density at radius 2 is 1.38 bits per heavy atom. The van der Waals surface area contributed by atoms with Gasteiger partial charge in [-0.05, 0) is 54.7 Å². The smallest absolute Gasteiger partial charge is 0.231 e. The number of benzene rings is 2. The van der Waals surface area contributed by atoms with Crippen molar-refractivity contribution in [3.8, 4) is 0 Å². The van der Waals surface area contributed by atoms with Crippen LogP contribution in [0.15, 0.2) is 73.3 Å². The summed E-state index contributed by atoms with van der Waals surface area (Å²) in [6, 6.07) is 18.4. The van der Waals surface area contributed by atoms with Gasteiger partial charge in [-0.3, -0.25) is 0 Å². The van der Waals surface area contributed by atoms with Gasteiger partial charge in [-0.2, -0.15) is 4.98 Å². The molecule has 10 heteroatoms. The Hall–Kier alpha value is -4.31. The lowest BCUT2D eigenvalue weighted by molar-refractivity contribution is 0.283. The molecule has 0 saturated carbocycles. The number of aromatic nitrogens is 5. The topological polar surface area (TPSA) is 115 Å². The molecule has 1 fully saturated rings. The van der Waals surface area contributed by atoms with E-state index in [2.05, 4.69) is 69.6 Å². The van der Waals surface area contributed by atoms with Gasteiger partial charge in [-0.25, -0.2) is 19.9 Å². The molecular weight excluding hydrogens is 490 g/mol. The van der Waals surface area contributed by atoms with Crippen LogP contribution in [0.1, 0.15) is 30.4 Å². The lowest BCUT2D eigenvalue weighted by atomic mass is 10.1. The molecule has 0 bridgehead atoms. The van der Waals surface area contributed by atoms with E-state index in [0.29, 0.717) is 11.9 Å². The summed E-state index contributed by atoms with van der Waals surface area (Å²) in [6.07, 6.45) is 9.14. The van der Waals surface area contributed by atoms with Gasteiger partial charge in [0, 0.05) is 69.5 Å². The number of aliphatic hydroxyl groups excluding tert-OH is 1. The van der Waals surface area contributed by atoms with Gasteiger partial charge in [-0.15, -0.1) is 0 Å². The molecule has 1 aliphatic heterocycles. The van der Waals surface area contributed by atoms with Gasteiger partial charge in [0.25, 0.3) is 0 Å². The van der Waals surface area contributed by atoms with Gasteiger partial charge in [0.2, 0.25) is 17.8 Å². The second-order valence-corrected chi connectivity index (χ2v) is 9.55. The molecule has 1 aliphatic rings. The second kappa shape index (κ2) is 13.5. The van der Waals surface area contributed by atoms with Crippen LogP contribution in [0.2, 0.25) is 0 Å². The molecule has 0 radical (unpaired) electrons. The number of piperazine rings is 1. The minimum atomic E-state index is 0.259. The molecule has 5 rings (SSSR count). The van der Waals surface area contributed by atoms with Crippen LogP contribution in [0.3, 0.4) is 0 Å². The van der Waals surface area contributed by atoms with Crippen molar-refractivity contribution >= 4 is 29.2 Å². The van der Waals surface area contributed by atoms with Crippen molar-refractivity contribution in [2.24, 2.45) is 0 Å². The first-order valence-corrected chi connectivity index (χ1v) is 13.5. The summed E-state index contributed by atoms with van der Waals surface area (Å²) >= 11 is 0. The van der Waals surface area contributed by atoms with Crippen molar-refractivity contribution in [1.29, 1.82) is 0 Å². The predicted molar refractivity (Wildman–Crippen MR) is 155 cm³/mol. The summed E-state index contributed by atoms with van der Waals surface area (Å²) in [5.74, 6) is 1.93. The van der Waals surface area contributed by atoms with Crippen LogP contribution in [-0.4, -0.2) is 69.4 Å². The highest BCUT2D eigenvalue weighted by Crippen LogP contribution is 2.19. The number of unbranched alkanes of at least 4 members (excludes halogenated alkanes) is 2. The molecule has 3 heterocycles. The number of rotatable bonds is 12. The van der Waals surface area contributed by atoms with Crippen LogP contribution in [0.25, 0.3) is 0 Å². The Bertz CT molecular complexity index is 1280. The van der Waals surface area contributed by atoms with E-state index >= 15 is 0 Å². The predicted octanol–water partition coefficient (Wildman–Crippen LogP) is 3.90. The van der Waals surface area contributed by atoms with E-state index in [1.54, 1.807) is 6.33 Å². The van der Waals surface area contributed by atoms with Gasteiger partial charge >= 0.3 is 0 Å². The highest BCUT2D eigenvalue weighted by molar-refractivity contribution is 5.59. The maximum Gasteiger partial charge on any atom is 0.231 e. The maximum atomic E-state index is 8.87. The average Bonchev–Trinajstić information content (AvgIpc) is 2.99. The van der Waals surface area contributed by atoms with Crippen LogP contribution in [0.5, 0.6) is 0 Å². The fraction of sp³-hybridized carbons (Fsp3) is 0.345. The summed E-state index contributed by atoms with van der Waals surface area (Å²) in [5.41, 5.74) is 4.34. The largest absolute Gasteiger partial charge is 0.396 e. The first-order valence-electron chi connectivity index (χ1n) is 13.5. The van der Waals surface area contributed by atoms with Crippen LogP contribution in [0, 0.1) is 0 Å². The minimum Gasteiger partial charge on any atom is -0.396 e. The summed E-state index contributed by atoms with van der Waals surface area (Å²) in [4.78, 5) is 27.0. The van der Waals surface area contributed by atoms with Gasteiger partial charge in [0.1, 0.15) is 6.33 Å². The molecular formula is C29H35N9O. The van der Waals surface area contributed by atoms with E-state index in [4.69, 9.17) is 5.11 Å². The second-order valence-electron chi connectivity index (χ2n) is 9.55. The molecule has 0 spiro atoms. The zero-order valence-corrected chi connectivity index (χ0v) is 22.1. The van der Waals surface area contributed by atoms with Crippen molar-refractivity contribution in [3.05, 3.63) is 84.4 Å². The third-order valence-corrected chi connectivity index (χ3v) is 6.65. The van der Waals surface area contributed by atoms with Crippen molar-refractivity contribution in [2.45, 2.75) is 25.7 Å². The summed E-state index contributed by atoms with van der Waals surface area (Å²) in [6.45, 7) is 4.29. The quantitative estimate of drug-likeness (QED) is 0.235. The van der Waals surface area contributed by atoms with Gasteiger partial charge in [-0.1, -0.05) is 30.3 Å². The van der Waals surface area contributed by atoms with E-state index in [1.165, 1.54) is 5.56 Å². The highest BCUT2D eigenvalue weighted by atomic mass is 16.2. The average molecular weight is 526 g/mol. The fourth-order valence-corrected chi connectivity index (χ4v) is 4.49. The van der Waals surface area contributed by atoms with E-state index < -0.39 is 0 Å². The van der Waals surface area contributed by atoms with E-state index in [9.17, 15) is 0 Å². The summed E-state index contributed by atoms with van der Waals surface area (Å²) in [5, 5.41) is 15.6. The normalized spacial score (nSPS) is 13.4. The standard InChI is InChI=1S/C29H35N9O/c39-18-6-2-5-13-30-25-9-11-26(12-10-25)35-27-33-22-34-29(36-27)38-16-14-37(15-17-38)28-31-20-24(21-32-28)19-23-7-3-1-4-8-23/h1,3-4,7-12,20-22,30,39H,2,5-6,13-19H2,(H,33,34,35,36). The third-order valence-electron chi connectivity index (χ3n) is 6.65. The number of nitrogens with one attached hydrogen (secondary N) is 2. The Balaban J connectivity index is 1.11. The SMILES string of the molecule is OCCCCCNc1ccc(Nc2ncnc(N3CCN(c4ncc(Cc5ccccc5)cn4)CC3)n2)cc1. The number of hydrogen-bond acceptors (Lipinski definition) is 10. The number of anilines is 5. The first kappa shape index (κ1) is 26.3. The van der Waals surface area contributed by atoms with Crippen molar-refractivity contribution in [2.75, 3.05) is 59.8 Å². The van der Waals surface area contributed by atoms with Gasteiger partial charge < -0.3 is 25.5 Å². The molecule has 39 heavy (non-hydrogen) atoms. The number of hydrogen-bond donors (Lipinski definition) is 3. The van der Waals surface area contributed by atoms with E-state index in [0.717, 1.165) is 81.3 Å². The summed E-state index contributed by atoms with van der Waals surface area (Å²) < 4.78 is 0. The zero-order chi connectivity index (χ0) is 26.7. The van der Waals surface area contributed by atoms with Gasteiger partial charge in [0.15, 0.2) is 0 Å². The summed E-state index contributed by atoms with van der Waals surface area (Å²) in [7, 11) is 0. The molecule has 1 saturated heterocycles. The van der Waals surface area contributed by atoms with Gasteiger partial charge in [0.05, 0.1) is 0 Å². The zero-order valence-electron chi connectivity index (χ0n) is 22.1. The number of aliphatic hydroxyl groups is 1. The molecule has 0 atom stereocenters. The van der Waals surface area contributed by atoms with Crippen LogP contribution in [-0.2, 0) is 6.42 Å². The lowest BCUT2D eigenvalue weighted by Gasteiger charge is -2.34. The molecule has 10 nitrogen and oxygen atoms in total. The van der Waals surface area contributed by atoms with Crippen LogP contribution >= 0.6 is 0 Å². The monoisotopic (exact) mass is 525 g/mol. The highest BCUT2D eigenvalue weighted by Gasteiger charge is 2.21. The van der Waals surface area contributed by atoms with Crippen LogP contribution in [0.4, 0.5) is 29.2 Å². The molecule has 4 aromatic rings. The first-order chi connectivity index (χ1) is 19.3. The Morgan fingerprint density at radius 3 is 2.10 bits per heavy atom. The maximum absolute atomic E-state index is 8.87. The van der Waals surface area contributed by atoms with E-state index in [-0.39, 0.29) is 6.61 Å². The molecule has 3 N–H and O–H groups in total. The molecule has 0 amide bonds. The number of nitrogens with zero attached hydrogens (tertiary/aromatic N) is 7. The molecule has 0 aliphatic carbocycles. The Kier molecular flexibility index (Phi) is 9.09.